The number of methoxy groups -OCH3 is 2. The van der Waals surface area contributed by atoms with Gasteiger partial charge >= 0.3 is 5.97 Å². The summed E-state index contributed by atoms with van der Waals surface area (Å²) in [5.74, 6) is 0.531. The zero-order chi connectivity index (χ0) is 18.2. The van der Waals surface area contributed by atoms with E-state index in [9.17, 15) is 9.59 Å². The molecule has 0 heterocycles. The average Bonchev–Trinajstić information content (AvgIpc) is 2.64. The van der Waals surface area contributed by atoms with E-state index in [1.807, 2.05) is 25.1 Å². The number of hydrogen-bond donors (Lipinski definition) is 0. The normalized spacial score (nSPS) is 10.0. The monoisotopic (exact) mass is 344 g/mol. The second kappa shape index (κ2) is 8.73. The van der Waals surface area contributed by atoms with Crippen LogP contribution in [0.15, 0.2) is 42.5 Å². The quantitative estimate of drug-likeness (QED) is 0.542. The zero-order valence-electron chi connectivity index (χ0n) is 14.4. The van der Waals surface area contributed by atoms with Gasteiger partial charge in [0.1, 0.15) is 17.2 Å². The molecule has 2 rings (SSSR count). The summed E-state index contributed by atoms with van der Waals surface area (Å²) in [7, 11) is 2.97. The van der Waals surface area contributed by atoms with Crippen molar-refractivity contribution >= 4 is 11.8 Å². The van der Waals surface area contributed by atoms with Crippen LogP contribution >= 0.6 is 0 Å². The molecule has 6 heteroatoms. The Balaban J connectivity index is 1.89. The molecule has 25 heavy (non-hydrogen) atoms. The van der Waals surface area contributed by atoms with Gasteiger partial charge in [-0.15, -0.1) is 0 Å². The van der Waals surface area contributed by atoms with Gasteiger partial charge in [0.25, 0.3) is 0 Å². The number of hydrogen-bond acceptors (Lipinski definition) is 6. The molecule has 0 spiro atoms. The molecule has 0 fully saturated rings. The third kappa shape index (κ3) is 4.97. The van der Waals surface area contributed by atoms with Crippen LogP contribution in [-0.2, 0) is 9.53 Å². The third-order valence-corrected chi connectivity index (χ3v) is 3.51. The van der Waals surface area contributed by atoms with Crippen LogP contribution in [0.4, 0.5) is 0 Å². The van der Waals surface area contributed by atoms with Gasteiger partial charge in [0, 0.05) is 6.07 Å². The molecular weight excluding hydrogens is 324 g/mol. The fourth-order valence-electron chi connectivity index (χ4n) is 2.15. The third-order valence-electron chi connectivity index (χ3n) is 3.51. The number of Topliss-reactive ketones (excluding diaryl/α,β-unsaturated/α-hetero) is 1. The van der Waals surface area contributed by atoms with E-state index in [1.54, 1.807) is 24.3 Å². The second-order valence-electron chi connectivity index (χ2n) is 5.20. The van der Waals surface area contributed by atoms with E-state index in [4.69, 9.17) is 18.9 Å². The minimum atomic E-state index is -0.621. The van der Waals surface area contributed by atoms with Crippen molar-refractivity contribution in [2.75, 3.05) is 27.4 Å². The lowest BCUT2D eigenvalue weighted by Gasteiger charge is -2.11. The van der Waals surface area contributed by atoms with E-state index in [0.29, 0.717) is 22.8 Å². The Morgan fingerprint density at radius 3 is 2.36 bits per heavy atom. The minimum Gasteiger partial charge on any atom is -0.497 e. The molecule has 0 radical (unpaired) electrons. The molecule has 6 nitrogen and oxygen atoms in total. The van der Waals surface area contributed by atoms with Crippen LogP contribution < -0.4 is 14.2 Å². The Kier molecular flexibility index (Phi) is 6.39. The number of esters is 1. The lowest BCUT2D eigenvalue weighted by molar-refractivity contribution is -0.144. The summed E-state index contributed by atoms with van der Waals surface area (Å²) in [5.41, 5.74) is 1.23. The van der Waals surface area contributed by atoms with Crippen LogP contribution in [0.5, 0.6) is 17.2 Å². The Morgan fingerprint density at radius 2 is 1.68 bits per heavy atom. The van der Waals surface area contributed by atoms with Gasteiger partial charge < -0.3 is 18.9 Å². The van der Waals surface area contributed by atoms with Crippen LogP contribution in [0.1, 0.15) is 15.9 Å². The predicted molar refractivity (Wildman–Crippen MR) is 91.5 cm³/mol. The summed E-state index contributed by atoms with van der Waals surface area (Å²) in [6.45, 7) is 1.22. The molecule has 0 aliphatic carbocycles. The van der Waals surface area contributed by atoms with E-state index in [0.717, 1.165) is 5.56 Å². The number of carbonyl (C=O) groups excluding carboxylic acids is 2. The van der Waals surface area contributed by atoms with E-state index >= 15 is 0 Å². The van der Waals surface area contributed by atoms with Gasteiger partial charge in [-0.05, 0) is 30.7 Å². The van der Waals surface area contributed by atoms with Crippen molar-refractivity contribution in [2.24, 2.45) is 0 Å². The second-order valence-corrected chi connectivity index (χ2v) is 5.20. The van der Waals surface area contributed by atoms with Crippen molar-refractivity contribution in [3.63, 3.8) is 0 Å². The van der Waals surface area contributed by atoms with Gasteiger partial charge in [-0.2, -0.15) is 0 Å². The summed E-state index contributed by atoms with van der Waals surface area (Å²) in [6, 6.07) is 12.1. The van der Waals surface area contributed by atoms with E-state index < -0.39 is 12.6 Å². The molecule has 0 unspecified atom stereocenters. The highest BCUT2D eigenvalue weighted by atomic mass is 16.6. The summed E-state index contributed by atoms with van der Waals surface area (Å²) >= 11 is 0. The van der Waals surface area contributed by atoms with Crippen LogP contribution in [0, 0.1) is 6.92 Å². The van der Waals surface area contributed by atoms with Crippen LogP contribution in [0.25, 0.3) is 0 Å². The first-order valence-corrected chi connectivity index (χ1v) is 7.64. The number of carbonyl (C=O) groups is 2. The fraction of sp³-hybridized carbons (Fsp3) is 0.263. The number of ketones is 1. The van der Waals surface area contributed by atoms with E-state index in [-0.39, 0.29) is 12.4 Å². The van der Waals surface area contributed by atoms with Crippen LogP contribution in [0.3, 0.4) is 0 Å². The summed E-state index contributed by atoms with van der Waals surface area (Å²) in [6.07, 6.45) is 0. The fourth-order valence-corrected chi connectivity index (χ4v) is 2.15. The van der Waals surface area contributed by atoms with Crippen molar-refractivity contribution < 1.29 is 28.5 Å². The van der Waals surface area contributed by atoms with E-state index in [1.165, 1.54) is 14.2 Å². The molecule has 0 N–H and O–H groups in total. The van der Waals surface area contributed by atoms with Gasteiger partial charge in [0.15, 0.2) is 13.2 Å². The average molecular weight is 344 g/mol. The maximum Gasteiger partial charge on any atom is 0.344 e. The first kappa shape index (κ1) is 18.3. The van der Waals surface area contributed by atoms with Gasteiger partial charge in [-0.1, -0.05) is 18.2 Å². The SMILES string of the molecule is COc1ccc(C(=O)COC(=O)COc2ccccc2C)c(OC)c1. The van der Waals surface area contributed by atoms with E-state index in [2.05, 4.69) is 0 Å². The molecule has 0 atom stereocenters. The molecule has 0 aliphatic rings. The van der Waals surface area contributed by atoms with Crippen molar-refractivity contribution in [3.8, 4) is 17.2 Å². The molecule has 0 aliphatic heterocycles. The minimum absolute atomic E-state index is 0.266. The number of aryl methyl sites for hydroxylation is 1. The maximum absolute atomic E-state index is 12.2. The summed E-state index contributed by atoms with van der Waals surface area (Å²) < 4.78 is 20.6. The van der Waals surface area contributed by atoms with Crippen molar-refractivity contribution in [3.05, 3.63) is 53.6 Å². The van der Waals surface area contributed by atoms with Crippen molar-refractivity contribution in [1.29, 1.82) is 0 Å². The first-order valence-electron chi connectivity index (χ1n) is 7.64. The van der Waals surface area contributed by atoms with Gasteiger partial charge in [-0.25, -0.2) is 4.79 Å². The topological polar surface area (TPSA) is 71.1 Å². The lowest BCUT2D eigenvalue weighted by Crippen LogP contribution is -2.20. The predicted octanol–water partition coefficient (Wildman–Crippen LogP) is 2.82. The van der Waals surface area contributed by atoms with Gasteiger partial charge in [-0.3, -0.25) is 4.79 Å². The molecular formula is C19H20O6. The molecule has 132 valence electrons. The Labute approximate surface area is 146 Å². The Bertz CT molecular complexity index is 753. The van der Waals surface area contributed by atoms with Crippen LogP contribution in [0.2, 0.25) is 0 Å². The molecule has 0 amide bonds. The zero-order valence-corrected chi connectivity index (χ0v) is 14.4. The molecule has 0 saturated heterocycles. The highest BCUT2D eigenvalue weighted by Crippen LogP contribution is 2.25. The molecule has 0 aromatic heterocycles. The summed E-state index contributed by atoms with van der Waals surface area (Å²) in [4.78, 5) is 24.0. The molecule has 0 saturated carbocycles. The highest BCUT2D eigenvalue weighted by Gasteiger charge is 2.16. The first-order chi connectivity index (χ1) is 12.0. The number of rotatable bonds is 8. The Morgan fingerprint density at radius 1 is 0.920 bits per heavy atom. The largest absolute Gasteiger partial charge is 0.497 e. The number of para-hydroxylation sites is 1. The van der Waals surface area contributed by atoms with Crippen molar-refractivity contribution in [1.82, 2.24) is 0 Å². The van der Waals surface area contributed by atoms with Gasteiger partial charge in [0.05, 0.1) is 19.8 Å². The lowest BCUT2D eigenvalue weighted by atomic mass is 10.1. The highest BCUT2D eigenvalue weighted by molar-refractivity contribution is 6.00. The standard InChI is InChI=1S/C19H20O6/c1-13-6-4-5-7-17(13)24-12-19(21)25-11-16(20)15-9-8-14(22-2)10-18(15)23-3/h4-10H,11-12H2,1-3H3. The van der Waals surface area contributed by atoms with Gasteiger partial charge in [0.2, 0.25) is 5.78 Å². The smallest absolute Gasteiger partial charge is 0.344 e. The molecule has 2 aromatic rings. The van der Waals surface area contributed by atoms with Crippen molar-refractivity contribution in [2.45, 2.75) is 6.92 Å². The number of benzene rings is 2. The molecule has 2 aromatic carbocycles. The maximum atomic E-state index is 12.2. The Hall–Kier alpha value is -3.02. The van der Waals surface area contributed by atoms with Crippen LogP contribution in [-0.4, -0.2) is 39.2 Å². The summed E-state index contributed by atoms with van der Waals surface area (Å²) in [5, 5.41) is 0. The number of ether oxygens (including phenoxy) is 4. The molecule has 0 bridgehead atoms.